The highest BCUT2D eigenvalue weighted by molar-refractivity contribution is 4.90. The first-order valence-corrected chi connectivity index (χ1v) is 6.47. The van der Waals surface area contributed by atoms with Crippen LogP contribution in [0.3, 0.4) is 0 Å². The van der Waals surface area contributed by atoms with Crippen molar-refractivity contribution in [3.63, 3.8) is 0 Å². The van der Waals surface area contributed by atoms with Crippen LogP contribution in [0.1, 0.15) is 32.1 Å². The minimum absolute atomic E-state index is 0.348. The van der Waals surface area contributed by atoms with Crippen LogP contribution in [0.2, 0.25) is 0 Å². The van der Waals surface area contributed by atoms with Crippen LogP contribution in [-0.2, 0) is 0 Å². The number of piperidine rings is 1. The highest BCUT2D eigenvalue weighted by Gasteiger charge is 2.33. The second kappa shape index (κ2) is 5.83. The van der Waals surface area contributed by atoms with Crippen LogP contribution in [0, 0.1) is 5.92 Å². The molecule has 0 saturated carbocycles. The summed E-state index contributed by atoms with van der Waals surface area (Å²) in [7, 11) is 0. The molecule has 2 saturated heterocycles. The number of fused-ring (bicyclic) bond motifs is 2. The van der Waals surface area contributed by atoms with Crippen molar-refractivity contribution in [1.29, 1.82) is 0 Å². The Labute approximate surface area is 92.8 Å². The summed E-state index contributed by atoms with van der Waals surface area (Å²) in [6.07, 6.45) is 6.07. The SMILES string of the molecule is OCCCCCNC1CCN2CCC1C2. The van der Waals surface area contributed by atoms with Crippen molar-refractivity contribution < 1.29 is 5.11 Å². The van der Waals surface area contributed by atoms with E-state index in [0.29, 0.717) is 6.61 Å². The van der Waals surface area contributed by atoms with Crippen molar-refractivity contribution in [2.24, 2.45) is 5.92 Å². The fraction of sp³-hybridized carbons (Fsp3) is 1.00. The van der Waals surface area contributed by atoms with Crippen LogP contribution in [0.4, 0.5) is 0 Å². The smallest absolute Gasteiger partial charge is 0.0431 e. The van der Waals surface area contributed by atoms with Gasteiger partial charge in [0.05, 0.1) is 0 Å². The second-order valence-corrected chi connectivity index (χ2v) is 4.98. The van der Waals surface area contributed by atoms with Crippen LogP contribution in [-0.4, -0.2) is 48.8 Å². The molecule has 0 aliphatic carbocycles. The lowest BCUT2D eigenvalue weighted by atomic mass is 9.94. The van der Waals surface area contributed by atoms with Gasteiger partial charge in [-0.2, -0.15) is 0 Å². The third-order valence-corrected chi connectivity index (χ3v) is 3.88. The van der Waals surface area contributed by atoms with Gasteiger partial charge in [0.1, 0.15) is 0 Å². The van der Waals surface area contributed by atoms with Gasteiger partial charge in [0, 0.05) is 19.2 Å². The molecule has 2 bridgehead atoms. The van der Waals surface area contributed by atoms with E-state index < -0.39 is 0 Å². The molecule has 0 spiro atoms. The summed E-state index contributed by atoms with van der Waals surface area (Å²) < 4.78 is 0. The fourth-order valence-electron chi connectivity index (χ4n) is 2.92. The third-order valence-electron chi connectivity index (χ3n) is 3.88. The molecule has 3 atom stereocenters. The number of aliphatic hydroxyl groups is 1. The average Bonchev–Trinajstić information content (AvgIpc) is 2.64. The molecule has 0 radical (unpaired) electrons. The molecule has 0 amide bonds. The number of rotatable bonds is 6. The van der Waals surface area contributed by atoms with Gasteiger partial charge in [0.25, 0.3) is 0 Å². The van der Waals surface area contributed by atoms with E-state index in [1.54, 1.807) is 0 Å². The largest absolute Gasteiger partial charge is 0.396 e. The zero-order valence-corrected chi connectivity index (χ0v) is 9.62. The fourth-order valence-corrected chi connectivity index (χ4v) is 2.92. The van der Waals surface area contributed by atoms with Crippen LogP contribution in [0.15, 0.2) is 0 Å². The summed E-state index contributed by atoms with van der Waals surface area (Å²) >= 11 is 0. The normalized spacial score (nSPS) is 34.6. The number of nitrogens with zero attached hydrogens (tertiary/aromatic N) is 1. The van der Waals surface area contributed by atoms with E-state index in [1.165, 1.54) is 38.9 Å². The molecule has 2 fully saturated rings. The summed E-state index contributed by atoms with van der Waals surface area (Å²) in [5.74, 6) is 0.914. The van der Waals surface area contributed by atoms with Gasteiger partial charge in [-0.3, -0.25) is 0 Å². The predicted octanol–water partition coefficient (Wildman–Crippen LogP) is 0.833. The standard InChI is InChI=1S/C12H24N2O/c15-9-3-1-2-6-13-12-5-8-14-7-4-11(12)10-14/h11-13,15H,1-10H2. The molecule has 2 rings (SSSR count). The van der Waals surface area contributed by atoms with Gasteiger partial charge in [-0.1, -0.05) is 0 Å². The van der Waals surface area contributed by atoms with Crippen molar-refractivity contribution in [3.8, 4) is 0 Å². The molecule has 2 N–H and O–H groups in total. The van der Waals surface area contributed by atoms with Crippen molar-refractivity contribution in [1.82, 2.24) is 10.2 Å². The van der Waals surface area contributed by atoms with E-state index in [2.05, 4.69) is 10.2 Å². The van der Waals surface area contributed by atoms with Crippen LogP contribution in [0.5, 0.6) is 0 Å². The summed E-state index contributed by atoms with van der Waals surface area (Å²) in [6, 6.07) is 0.776. The van der Waals surface area contributed by atoms with Gasteiger partial charge in [-0.15, -0.1) is 0 Å². The minimum atomic E-state index is 0.348. The van der Waals surface area contributed by atoms with Gasteiger partial charge >= 0.3 is 0 Å². The van der Waals surface area contributed by atoms with Crippen LogP contribution < -0.4 is 5.32 Å². The Morgan fingerprint density at radius 3 is 2.87 bits per heavy atom. The lowest BCUT2D eigenvalue weighted by Crippen LogP contribution is -2.44. The van der Waals surface area contributed by atoms with E-state index >= 15 is 0 Å². The summed E-state index contributed by atoms with van der Waals surface area (Å²) in [4.78, 5) is 2.59. The highest BCUT2D eigenvalue weighted by Crippen LogP contribution is 2.26. The molecule has 3 heteroatoms. The van der Waals surface area contributed by atoms with Gasteiger partial charge in [-0.05, 0) is 57.7 Å². The third kappa shape index (κ3) is 3.16. The molecule has 88 valence electrons. The van der Waals surface area contributed by atoms with Crippen molar-refractivity contribution in [2.45, 2.75) is 38.1 Å². The molecular weight excluding hydrogens is 188 g/mol. The molecule has 3 unspecified atom stereocenters. The van der Waals surface area contributed by atoms with E-state index in [4.69, 9.17) is 5.11 Å². The molecule has 0 aromatic rings. The predicted molar refractivity (Wildman–Crippen MR) is 61.9 cm³/mol. The number of hydrogen-bond acceptors (Lipinski definition) is 3. The Bertz CT molecular complexity index is 186. The van der Waals surface area contributed by atoms with Gasteiger partial charge < -0.3 is 15.3 Å². The lowest BCUT2D eigenvalue weighted by Gasteiger charge is -2.31. The van der Waals surface area contributed by atoms with E-state index in [0.717, 1.165) is 31.3 Å². The van der Waals surface area contributed by atoms with E-state index in [-0.39, 0.29) is 0 Å². The molecule has 0 aromatic heterocycles. The monoisotopic (exact) mass is 212 g/mol. The van der Waals surface area contributed by atoms with E-state index in [1.807, 2.05) is 0 Å². The number of unbranched alkanes of at least 4 members (excludes halogenated alkanes) is 2. The Morgan fingerprint density at radius 1 is 1.13 bits per heavy atom. The second-order valence-electron chi connectivity index (χ2n) is 4.98. The first-order chi connectivity index (χ1) is 7.40. The molecule has 3 nitrogen and oxygen atoms in total. The molecule has 15 heavy (non-hydrogen) atoms. The highest BCUT2D eigenvalue weighted by atomic mass is 16.2. The maximum Gasteiger partial charge on any atom is 0.0431 e. The number of hydrogen-bond donors (Lipinski definition) is 2. The zero-order valence-electron chi connectivity index (χ0n) is 9.62. The van der Waals surface area contributed by atoms with Gasteiger partial charge in [0.15, 0.2) is 0 Å². The Balaban J connectivity index is 1.58. The molecule has 2 heterocycles. The summed E-state index contributed by atoms with van der Waals surface area (Å²) in [6.45, 7) is 5.44. The maximum atomic E-state index is 8.67. The van der Waals surface area contributed by atoms with E-state index in [9.17, 15) is 0 Å². The maximum absolute atomic E-state index is 8.67. The summed E-state index contributed by atoms with van der Waals surface area (Å²) in [5, 5.41) is 12.4. The topological polar surface area (TPSA) is 35.5 Å². The van der Waals surface area contributed by atoms with Gasteiger partial charge in [0.2, 0.25) is 0 Å². The molecule has 2 aliphatic heterocycles. The minimum Gasteiger partial charge on any atom is -0.396 e. The Kier molecular flexibility index (Phi) is 4.42. The quantitative estimate of drug-likeness (QED) is 0.640. The van der Waals surface area contributed by atoms with Crippen LogP contribution >= 0.6 is 0 Å². The Morgan fingerprint density at radius 2 is 2.00 bits per heavy atom. The van der Waals surface area contributed by atoms with Crippen molar-refractivity contribution in [3.05, 3.63) is 0 Å². The molecule has 0 aromatic carbocycles. The van der Waals surface area contributed by atoms with Gasteiger partial charge in [-0.25, -0.2) is 0 Å². The van der Waals surface area contributed by atoms with Crippen molar-refractivity contribution >= 4 is 0 Å². The summed E-state index contributed by atoms with van der Waals surface area (Å²) in [5.41, 5.74) is 0. The lowest BCUT2D eigenvalue weighted by molar-refractivity contribution is 0.220. The van der Waals surface area contributed by atoms with Crippen LogP contribution in [0.25, 0.3) is 0 Å². The number of aliphatic hydroxyl groups excluding tert-OH is 1. The zero-order chi connectivity index (χ0) is 10.5. The first kappa shape index (κ1) is 11.4. The molecular formula is C12H24N2O. The average molecular weight is 212 g/mol. The number of nitrogens with one attached hydrogen (secondary N) is 1. The first-order valence-electron chi connectivity index (χ1n) is 6.47. The molecule has 2 aliphatic rings. The van der Waals surface area contributed by atoms with Crippen molar-refractivity contribution in [2.75, 3.05) is 32.8 Å². The Hall–Kier alpha value is -0.120.